The first-order valence-corrected chi connectivity index (χ1v) is 21.2. The zero-order chi connectivity index (χ0) is 43.4. The number of fused-ring (bicyclic) bond motifs is 5. The lowest BCUT2D eigenvalue weighted by atomic mass is 9.93. The van der Waals surface area contributed by atoms with E-state index in [4.69, 9.17) is 36.2 Å². The van der Waals surface area contributed by atoms with E-state index in [1.54, 1.807) is 12.1 Å². The van der Waals surface area contributed by atoms with Crippen LogP contribution in [0.5, 0.6) is 23.0 Å². The summed E-state index contributed by atoms with van der Waals surface area (Å²) in [5.41, 5.74) is 4.36. The fourth-order valence-corrected chi connectivity index (χ4v) is 8.16. The molecule has 2 saturated heterocycles. The summed E-state index contributed by atoms with van der Waals surface area (Å²) in [6, 6.07) is 28.7. The molecule has 1 aromatic heterocycles. The first-order valence-electron chi connectivity index (χ1n) is 19.8. The molecule has 60 heavy (non-hydrogen) atoms. The smallest absolute Gasteiger partial charge is 0.394 e. The Morgan fingerprint density at radius 1 is 0.917 bits per heavy atom. The van der Waals surface area contributed by atoms with Crippen LogP contribution >= 0.6 is 0 Å². The fraction of sp³-hybridized carbons (Fsp3) is 0.340. The van der Waals surface area contributed by atoms with Crippen LogP contribution in [0.1, 0.15) is 81.7 Å². The third kappa shape index (κ3) is 10.5. The number of ether oxygens (including phenoxy) is 3. The third-order valence-electron chi connectivity index (χ3n) is 11.0. The van der Waals surface area contributed by atoms with E-state index >= 15 is 0 Å². The van der Waals surface area contributed by atoms with Crippen LogP contribution in [0, 0.1) is 0 Å². The van der Waals surface area contributed by atoms with Crippen LogP contribution in [0.25, 0.3) is 28.2 Å². The van der Waals surface area contributed by atoms with Crippen LogP contribution in [-0.4, -0.2) is 70.6 Å². The van der Waals surface area contributed by atoms with Crippen LogP contribution in [0.2, 0.25) is 0 Å². The minimum absolute atomic E-state index is 0.00458. The average molecular weight is 840 g/mol. The lowest BCUT2D eigenvalue weighted by molar-refractivity contribution is -0.0426. The maximum atomic E-state index is 12.9. The molecular weight excluding hydrogens is 787 g/mol. The first kappa shape index (κ1) is 44.1. The molecule has 3 aliphatic heterocycles. The van der Waals surface area contributed by atoms with Crippen LogP contribution in [-0.2, 0) is 21.6 Å². The minimum Gasteiger partial charge on any atom is -0.508 e. The number of aromatic hydroxyl groups is 2. The highest BCUT2D eigenvalue weighted by Gasteiger charge is 2.40. The van der Waals surface area contributed by atoms with Gasteiger partial charge in [-0.3, -0.25) is 9.11 Å². The molecule has 12 nitrogen and oxygen atoms in total. The highest BCUT2D eigenvalue weighted by molar-refractivity contribution is 7.79. The summed E-state index contributed by atoms with van der Waals surface area (Å²) in [6.07, 6.45) is 11.7. The number of nitrogens with zero attached hydrogens (tertiary/aromatic N) is 1. The Bertz CT molecular complexity index is 2450. The van der Waals surface area contributed by atoms with Gasteiger partial charge >= 0.3 is 16.0 Å². The van der Waals surface area contributed by atoms with E-state index in [1.165, 1.54) is 56.1 Å². The molecule has 2 bridgehead atoms. The van der Waals surface area contributed by atoms with Gasteiger partial charge in [0.05, 0.1) is 18.8 Å². The van der Waals surface area contributed by atoms with Gasteiger partial charge in [0.2, 0.25) is 0 Å². The molecule has 5 aromatic rings. The third-order valence-corrected chi connectivity index (χ3v) is 11.0. The van der Waals surface area contributed by atoms with Gasteiger partial charge in [-0.1, -0.05) is 84.4 Å². The minimum atomic E-state index is -4.67. The molecule has 2 fully saturated rings. The second kappa shape index (κ2) is 18.4. The number of piperidine rings is 1. The second-order valence-electron chi connectivity index (χ2n) is 16.1. The lowest BCUT2D eigenvalue weighted by Gasteiger charge is -2.38. The molecule has 4 N–H and O–H groups in total. The molecule has 13 heteroatoms. The fourth-order valence-electron chi connectivity index (χ4n) is 8.16. The summed E-state index contributed by atoms with van der Waals surface area (Å²) in [7, 11) is -0.869. The van der Waals surface area contributed by atoms with Crippen molar-refractivity contribution in [2.24, 2.45) is 0 Å². The van der Waals surface area contributed by atoms with Gasteiger partial charge in [-0.05, 0) is 108 Å². The van der Waals surface area contributed by atoms with Crippen molar-refractivity contribution in [1.82, 2.24) is 4.90 Å². The van der Waals surface area contributed by atoms with Gasteiger partial charge in [0.25, 0.3) is 0 Å². The maximum Gasteiger partial charge on any atom is 0.394 e. The number of hydrogen-bond donors (Lipinski definition) is 4. The molecule has 4 heterocycles. The Morgan fingerprint density at radius 2 is 1.47 bits per heavy atom. The molecular formula is C47H53NO11S. The molecule has 0 aliphatic carbocycles. The maximum absolute atomic E-state index is 12.9. The van der Waals surface area contributed by atoms with Crippen LogP contribution in [0.4, 0.5) is 0 Å². The molecule has 0 amide bonds. The molecule has 3 aliphatic rings. The number of methoxy groups -OCH3 is 1. The van der Waals surface area contributed by atoms with Gasteiger partial charge in [-0.15, -0.1) is 0 Å². The van der Waals surface area contributed by atoms with Crippen LogP contribution in [0.15, 0.2) is 112 Å². The lowest BCUT2D eigenvalue weighted by Crippen LogP contribution is -2.43. The molecule has 4 aromatic carbocycles. The molecule has 0 radical (unpaired) electrons. The predicted molar refractivity (Wildman–Crippen MR) is 232 cm³/mol. The number of phenols is 1. The standard InChI is InChI=1S/C26H26O6.C21H25NO.H2O4S/c1-14(2)6-11-17-22-18(12-13-26(3,4)32-22)24-20(23(17)30-5)21(28)19(25(29)31-24)15-7-9-16(27)10-8-15;1-22-18-12-13-19(22)15-20(14-18)23-21(16-8-4-2-5-9-16)17-10-6-3-7-11-17;1-5(2,3)4/h6-10,12-13,27-28H,11H2,1-5H3;2-11,18-21H,12-15H2,1H3;(H2,1,2,3,4). The highest BCUT2D eigenvalue weighted by atomic mass is 32.3. The van der Waals surface area contributed by atoms with E-state index in [-0.39, 0.29) is 28.7 Å². The van der Waals surface area contributed by atoms with Gasteiger partial charge in [-0.25, -0.2) is 4.79 Å². The van der Waals surface area contributed by atoms with Crippen LogP contribution < -0.4 is 15.1 Å². The Hall–Kier alpha value is -5.44. The van der Waals surface area contributed by atoms with Crippen molar-refractivity contribution in [3.8, 4) is 34.1 Å². The van der Waals surface area contributed by atoms with E-state index in [0.29, 0.717) is 52.6 Å². The van der Waals surface area contributed by atoms with Crippen molar-refractivity contribution < 1.29 is 46.4 Å². The summed E-state index contributed by atoms with van der Waals surface area (Å²) in [5, 5.41) is 21.2. The molecule has 0 saturated carbocycles. The zero-order valence-electron chi connectivity index (χ0n) is 34.7. The van der Waals surface area contributed by atoms with Crippen molar-refractivity contribution in [3.63, 3.8) is 0 Å². The molecule has 8 rings (SSSR count). The number of rotatable bonds is 8. The summed E-state index contributed by atoms with van der Waals surface area (Å²) in [6.45, 7) is 7.89. The normalized spacial score (nSPS) is 19.0. The van der Waals surface area contributed by atoms with Gasteiger partial charge in [-0.2, -0.15) is 8.42 Å². The molecule has 2 unspecified atom stereocenters. The van der Waals surface area contributed by atoms with Crippen molar-refractivity contribution >= 4 is 27.4 Å². The number of hydrogen-bond acceptors (Lipinski definition) is 10. The quantitative estimate of drug-likeness (QED) is 0.0663. The summed E-state index contributed by atoms with van der Waals surface area (Å²) < 4.78 is 56.0. The van der Waals surface area contributed by atoms with Crippen molar-refractivity contribution in [2.75, 3.05) is 14.2 Å². The first-order chi connectivity index (χ1) is 28.4. The summed E-state index contributed by atoms with van der Waals surface area (Å²) in [5.74, 6) is 0.778. The Kier molecular flexibility index (Phi) is 13.6. The van der Waals surface area contributed by atoms with E-state index in [0.717, 1.165) is 11.1 Å². The molecule has 318 valence electrons. The van der Waals surface area contributed by atoms with Gasteiger partial charge in [0.1, 0.15) is 45.7 Å². The number of phenolic OH excluding ortho intramolecular Hbond substituents is 1. The molecule has 2 atom stereocenters. The summed E-state index contributed by atoms with van der Waals surface area (Å²) >= 11 is 0. The largest absolute Gasteiger partial charge is 0.508 e. The highest BCUT2D eigenvalue weighted by Crippen LogP contribution is 2.49. The topological polar surface area (TPSA) is 176 Å². The van der Waals surface area contributed by atoms with E-state index in [1.807, 2.05) is 39.8 Å². The van der Waals surface area contributed by atoms with Crippen molar-refractivity contribution in [2.45, 2.75) is 89.7 Å². The van der Waals surface area contributed by atoms with Gasteiger partial charge < -0.3 is 33.7 Å². The Labute approximate surface area is 350 Å². The second-order valence-corrected chi connectivity index (χ2v) is 17.0. The van der Waals surface area contributed by atoms with E-state index in [9.17, 15) is 15.0 Å². The monoisotopic (exact) mass is 839 g/mol. The molecule has 0 spiro atoms. The van der Waals surface area contributed by atoms with E-state index < -0.39 is 21.6 Å². The van der Waals surface area contributed by atoms with Gasteiger partial charge in [0, 0.05) is 17.6 Å². The van der Waals surface area contributed by atoms with Crippen LogP contribution in [0.3, 0.4) is 0 Å². The van der Waals surface area contributed by atoms with E-state index in [2.05, 4.69) is 78.7 Å². The van der Waals surface area contributed by atoms with Crippen molar-refractivity contribution in [3.05, 3.63) is 135 Å². The average Bonchev–Trinajstić information content (AvgIpc) is 3.38. The Balaban J connectivity index is 0.000000188. The zero-order valence-corrected chi connectivity index (χ0v) is 35.5. The Morgan fingerprint density at radius 3 is 1.98 bits per heavy atom. The number of benzene rings is 4. The predicted octanol–water partition coefficient (Wildman–Crippen LogP) is 9.34. The summed E-state index contributed by atoms with van der Waals surface area (Å²) in [4.78, 5) is 15.5. The number of allylic oxidation sites excluding steroid dienone is 2. The SMILES string of the molecule is CN1C2CCC1CC(OC(c1ccccc1)c1ccccc1)C2.COc1c(CC=C(C)C)c2c(c3oc(=O)c(-c4ccc(O)cc4)c(O)c13)C=CC(C)(C)O2.O=S(=O)(O)O. The van der Waals surface area contributed by atoms with Crippen molar-refractivity contribution in [1.29, 1.82) is 0 Å². The van der Waals surface area contributed by atoms with Gasteiger partial charge in [0.15, 0.2) is 5.58 Å².